The van der Waals surface area contributed by atoms with Crippen molar-refractivity contribution in [3.63, 3.8) is 0 Å². The summed E-state index contributed by atoms with van der Waals surface area (Å²) in [6.45, 7) is 0. The largest absolute Gasteiger partial charge is 0.456 e. The van der Waals surface area contributed by atoms with Gasteiger partial charge in [0.2, 0.25) is 0 Å². The van der Waals surface area contributed by atoms with Crippen LogP contribution in [-0.4, -0.2) is 0 Å². The predicted octanol–water partition coefficient (Wildman–Crippen LogP) is 13.2. The van der Waals surface area contributed by atoms with E-state index in [1.165, 1.54) is 0 Å². The molecular formula is C46H28O. The lowest BCUT2D eigenvalue weighted by Gasteiger charge is -2.18. The Morgan fingerprint density at radius 2 is 0.894 bits per heavy atom. The van der Waals surface area contributed by atoms with Gasteiger partial charge in [0.15, 0.2) is 0 Å². The summed E-state index contributed by atoms with van der Waals surface area (Å²) in [6, 6.07) is -22.6. The molecule has 0 aliphatic rings. The van der Waals surface area contributed by atoms with Crippen LogP contribution in [0.15, 0.2) is 174 Å². The van der Waals surface area contributed by atoms with Crippen molar-refractivity contribution in [2.24, 2.45) is 0 Å². The summed E-state index contributed by atoms with van der Waals surface area (Å²) in [7, 11) is 0. The predicted molar refractivity (Wildman–Crippen MR) is 200 cm³/mol. The zero-order chi connectivity index (χ0) is 54.4. The molecule has 0 aliphatic carbocycles. The molecule has 0 bridgehead atoms. The van der Waals surface area contributed by atoms with E-state index in [1.807, 2.05) is 0 Å². The number of fused-ring (bicyclic) bond motifs is 7. The molecule has 0 fully saturated rings. The highest BCUT2D eigenvalue weighted by Crippen LogP contribution is 2.45. The van der Waals surface area contributed by atoms with Crippen molar-refractivity contribution in [2.45, 2.75) is 0 Å². The average Bonchev–Trinajstić information content (AvgIpc) is 3.78. The summed E-state index contributed by atoms with van der Waals surface area (Å²) < 4.78 is 249. The van der Waals surface area contributed by atoms with Gasteiger partial charge < -0.3 is 4.42 Å². The molecule has 9 aromatic carbocycles. The Kier molecular flexibility index (Phi) is 2.37. The summed E-state index contributed by atoms with van der Waals surface area (Å²) in [4.78, 5) is 0. The van der Waals surface area contributed by atoms with Crippen LogP contribution >= 0.6 is 0 Å². The second-order valence-electron chi connectivity index (χ2n) is 10.3. The van der Waals surface area contributed by atoms with Crippen LogP contribution in [0, 0.1) is 0 Å². The van der Waals surface area contributed by atoms with Crippen LogP contribution in [0.25, 0.3) is 98.4 Å². The summed E-state index contributed by atoms with van der Waals surface area (Å²) in [5.74, 6) is 0. The molecule has 47 heavy (non-hydrogen) atoms. The van der Waals surface area contributed by atoms with Gasteiger partial charge in [-0.3, -0.25) is 0 Å². The summed E-state index contributed by atoms with van der Waals surface area (Å²) >= 11 is 0. The van der Waals surface area contributed by atoms with Gasteiger partial charge in [0, 0.05) is 10.8 Å². The van der Waals surface area contributed by atoms with E-state index >= 15 is 0 Å². The number of hydrogen-bond donors (Lipinski definition) is 0. The first-order chi connectivity index (χ1) is 34.6. The lowest BCUT2D eigenvalue weighted by molar-refractivity contribution is 0.669. The lowest BCUT2D eigenvalue weighted by Crippen LogP contribution is -1.91. The minimum absolute atomic E-state index is 0.359. The molecule has 0 spiro atoms. The fourth-order valence-corrected chi connectivity index (χ4v) is 5.77. The van der Waals surface area contributed by atoms with E-state index < -0.39 is 256 Å². The van der Waals surface area contributed by atoms with Gasteiger partial charge in [0.25, 0.3) is 0 Å². The third-order valence-corrected chi connectivity index (χ3v) is 7.78. The van der Waals surface area contributed by atoms with Crippen molar-refractivity contribution in [2.75, 3.05) is 0 Å². The molecule has 0 radical (unpaired) electrons. The highest BCUT2D eigenvalue weighted by molar-refractivity contribution is 6.22. The number of benzene rings is 9. The van der Waals surface area contributed by atoms with Gasteiger partial charge in [-0.1, -0.05) is 139 Å². The monoisotopic (exact) mass is 623 g/mol. The van der Waals surface area contributed by atoms with Crippen molar-refractivity contribution in [1.82, 2.24) is 0 Å². The molecule has 1 heterocycles. The van der Waals surface area contributed by atoms with Crippen LogP contribution in [0.2, 0.25) is 0 Å². The first kappa shape index (κ1) is 11.0. The molecule has 10 rings (SSSR count). The standard InChI is InChI=1S/C46H28O/c1-2-13-31-28-44-42(26-30(31)12-1)41-27-34(23-24-43(41)47-44)46-39-20-7-5-18-37(39)45(38-19-6-8-21-40(38)46)33-16-9-15-32(25-33)36-22-10-14-29-11-3-4-17-35(29)36/h1-28H/i1D,2D,3D,4D,5D,6D,7D,8D,9D,10D,11D,12D,13D,14D,15D,16D,18D,19D,20D,21D,22D,23D,24D,25D,26D,27D,28D. The van der Waals surface area contributed by atoms with Crippen molar-refractivity contribution in [3.8, 4) is 33.4 Å². The molecule has 0 atom stereocenters. The Hall–Kier alpha value is -6.18. The van der Waals surface area contributed by atoms with E-state index in [2.05, 4.69) is 0 Å². The van der Waals surface area contributed by atoms with Crippen molar-refractivity contribution in [1.29, 1.82) is 0 Å². The van der Waals surface area contributed by atoms with Gasteiger partial charge in [-0.25, -0.2) is 0 Å². The molecule has 1 nitrogen and oxygen atoms in total. The number of hydrogen-bond acceptors (Lipinski definition) is 1. The van der Waals surface area contributed by atoms with Crippen LogP contribution in [0.4, 0.5) is 0 Å². The summed E-state index contributed by atoms with van der Waals surface area (Å²) in [5, 5.41) is -5.65. The first-order valence-electron chi connectivity index (χ1n) is 27.5. The zero-order valence-corrected chi connectivity index (χ0v) is 23.5. The normalized spacial score (nSPS) is 19.9. The molecule has 0 saturated heterocycles. The van der Waals surface area contributed by atoms with Crippen molar-refractivity contribution in [3.05, 3.63) is 169 Å². The Morgan fingerprint density at radius 1 is 0.340 bits per heavy atom. The smallest absolute Gasteiger partial charge is 0.136 e. The second kappa shape index (κ2) is 10.2. The number of rotatable bonds is 3. The van der Waals surface area contributed by atoms with E-state index in [-0.39, 0.29) is 5.39 Å². The Bertz CT molecular complexity index is 4300. The first-order valence-corrected chi connectivity index (χ1v) is 14.0. The Morgan fingerprint density at radius 3 is 1.64 bits per heavy atom. The molecule has 0 N–H and O–H groups in total. The highest BCUT2D eigenvalue weighted by Gasteiger charge is 2.18. The molecule has 218 valence electrons. The van der Waals surface area contributed by atoms with E-state index in [4.69, 9.17) is 27.7 Å². The fraction of sp³-hybridized carbons (Fsp3) is 0. The van der Waals surface area contributed by atoms with Crippen LogP contribution in [0.1, 0.15) is 37.0 Å². The number of furan rings is 1. The quantitative estimate of drug-likeness (QED) is 0.178. The molecule has 1 aromatic heterocycles. The van der Waals surface area contributed by atoms with Crippen LogP contribution in [-0.2, 0) is 0 Å². The lowest BCUT2D eigenvalue weighted by atomic mass is 9.85. The molecule has 10 aromatic rings. The minimum Gasteiger partial charge on any atom is -0.456 e. The maximum absolute atomic E-state index is 9.84. The van der Waals surface area contributed by atoms with Gasteiger partial charge in [-0.15, -0.1) is 0 Å². The van der Waals surface area contributed by atoms with E-state index in [0.29, 0.717) is 0 Å². The van der Waals surface area contributed by atoms with Gasteiger partial charge >= 0.3 is 0 Å². The van der Waals surface area contributed by atoms with Crippen LogP contribution in [0.5, 0.6) is 0 Å². The van der Waals surface area contributed by atoms with Gasteiger partial charge in [0.05, 0.1) is 37.0 Å². The molecular weight excluding hydrogens is 569 g/mol. The fourth-order valence-electron chi connectivity index (χ4n) is 5.77. The topological polar surface area (TPSA) is 13.1 Å². The van der Waals surface area contributed by atoms with Gasteiger partial charge in [0.1, 0.15) is 11.2 Å². The molecule has 0 unspecified atom stereocenters. The Labute approximate surface area is 309 Å². The second-order valence-corrected chi connectivity index (χ2v) is 10.3. The third kappa shape index (κ3) is 4.03. The van der Waals surface area contributed by atoms with Crippen molar-refractivity contribution < 1.29 is 41.4 Å². The average molecular weight is 624 g/mol. The van der Waals surface area contributed by atoms with E-state index in [1.54, 1.807) is 0 Å². The Balaban J connectivity index is 1.49. The zero-order valence-electron chi connectivity index (χ0n) is 50.5. The molecule has 0 aliphatic heterocycles. The molecule has 0 saturated carbocycles. The maximum Gasteiger partial charge on any atom is 0.136 e. The molecule has 1 heteroatoms. The van der Waals surface area contributed by atoms with Gasteiger partial charge in [-0.2, -0.15) is 0 Å². The van der Waals surface area contributed by atoms with Crippen LogP contribution < -0.4 is 0 Å². The summed E-state index contributed by atoms with van der Waals surface area (Å²) in [6.07, 6.45) is 0. The van der Waals surface area contributed by atoms with E-state index in [9.17, 15) is 13.7 Å². The maximum atomic E-state index is 9.84. The third-order valence-electron chi connectivity index (χ3n) is 7.78. The minimum atomic E-state index is -1.03. The van der Waals surface area contributed by atoms with Crippen molar-refractivity contribution >= 4 is 65.0 Å². The SMILES string of the molecule is [2H]c1cc2c(-c3c([2H])c([2H])c([2H])c(-c4c5c([2H])c([2H])c([2H])c([2H])c5c(-c5c([2H])c([2H])c6oc7c([2H])c8c([2H])c([2H])c([2H])c([2H])c8c([2H])c7c6c5[2H])c5c([2H])c([2H])c([2H])c([2H])c45)c3[2H])c([2H])c([2H])c([2H])c2c([2H])c1[2H]. The highest BCUT2D eigenvalue weighted by atomic mass is 16.3. The van der Waals surface area contributed by atoms with Gasteiger partial charge in [-0.05, 0) is 107 Å². The van der Waals surface area contributed by atoms with E-state index in [0.717, 1.165) is 6.07 Å². The molecule has 0 amide bonds. The summed E-state index contributed by atoms with van der Waals surface area (Å²) in [5.41, 5.74) is -5.54. The van der Waals surface area contributed by atoms with Crippen LogP contribution in [0.3, 0.4) is 0 Å².